The second-order valence-electron chi connectivity index (χ2n) is 6.85. The van der Waals surface area contributed by atoms with Crippen LogP contribution in [0.4, 0.5) is 0 Å². The smallest absolute Gasteiger partial charge is 0.260 e. The zero-order valence-electron chi connectivity index (χ0n) is 15.8. The minimum atomic E-state index is -0.156. The van der Waals surface area contributed by atoms with E-state index in [-0.39, 0.29) is 24.2 Å². The largest absolute Gasteiger partial charge is 0.493 e. The first-order valence-corrected chi connectivity index (χ1v) is 9.23. The third-order valence-corrected chi connectivity index (χ3v) is 4.90. The number of piperidine rings is 1. The van der Waals surface area contributed by atoms with E-state index in [1.54, 1.807) is 24.1 Å². The number of carbonyl (C=O) groups is 2. The Labute approximate surface area is 159 Å². The number of benzene rings is 2. The molecule has 1 aliphatic heterocycles. The third-order valence-electron chi connectivity index (χ3n) is 4.90. The Hall–Kier alpha value is -2.82. The molecule has 1 saturated heterocycles. The average molecular weight is 367 g/mol. The first-order valence-electron chi connectivity index (χ1n) is 9.23. The van der Waals surface area contributed by atoms with Crippen LogP contribution < -0.4 is 9.47 Å². The number of Topliss-reactive ketones (excluding diaryl/α,β-unsaturated/α-hetero) is 1. The Bertz CT molecular complexity index is 800. The summed E-state index contributed by atoms with van der Waals surface area (Å²) < 4.78 is 10.9. The van der Waals surface area contributed by atoms with Gasteiger partial charge in [-0.2, -0.15) is 0 Å². The van der Waals surface area contributed by atoms with E-state index in [0.717, 1.165) is 18.4 Å². The molecule has 0 bridgehead atoms. The van der Waals surface area contributed by atoms with Crippen LogP contribution in [0.2, 0.25) is 0 Å². The van der Waals surface area contributed by atoms with E-state index in [4.69, 9.17) is 9.47 Å². The molecular weight excluding hydrogens is 342 g/mol. The number of hydrogen-bond donors (Lipinski definition) is 0. The van der Waals surface area contributed by atoms with Crippen molar-refractivity contribution in [1.82, 2.24) is 4.90 Å². The number of para-hydroxylation sites is 2. The lowest BCUT2D eigenvalue weighted by Gasteiger charge is -2.32. The molecule has 2 aromatic rings. The predicted molar refractivity (Wildman–Crippen MR) is 103 cm³/mol. The van der Waals surface area contributed by atoms with Crippen molar-refractivity contribution in [1.29, 1.82) is 0 Å². The number of methoxy groups -OCH3 is 1. The quantitative estimate of drug-likeness (QED) is 0.733. The van der Waals surface area contributed by atoms with Crippen molar-refractivity contribution >= 4 is 11.7 Å². The van der Waals surface area contributed by atoms with Crippen LogP contribution >= 0.6 is 0 Å². The van der Waals surface area contributed by atoms with Gasteiger partial charge in [-0.15, -0.1) is 0 Å². The molecule has 2 aromatic carbocycles. The minimum absolute atomic E-state index is 0.0637. The summed E-state index contributed by atoms with van der Waals surface area (Å²) in [7, 11) is 1.57. The fraction of sp³-hybridized carbons (Fsp3) is 0.364. The number of rotatable bonds is 6. The van der Waals surface area contributed by atoms with Gasteiger partial charge in [0.25, 0.3) is 5.91 Å². The SMILES string of the molecule is COc1ccccc1OCC(=O)N1CCCC(C(=O)c2ccc(C)cc2)C1. The number of hydrogen-bond acceptors (Lipinski definition) is 4. The minimum Gasteiger partial charge on any atom is -0.493 e. The van der Waals surface area contributed by atoms with Crippen LogP contribution in [0.3, 0.4) is 0 Å². The van der Waals surface area contributed by atoms with Crippen LogP contribution in [0.1, 0.15) is 28.8 Å². The summed E-state index contributed by atoms with van der Waals surface area (Å²) in [5.74, 6) is 0.978. The Morgan fingerprint density at radius 3 is 2.48 bits per heavy atom. The molecule has 0 N–H and O–H groups in total. The second-order valence-corrected chi connectivity index (χ2v) is 6.85. The van der Waals surface area contributed by atoms with Gasteiger partial charge in [-0.25, -0.2) is 0 Å². The van der Waals surface area contributed by atoms with Gasteiger partial charge in [0.2, 0.25) is 0 Å². The number of ketones is 1. The second kappa shape index (κ2) is 8.71. The predicted octanol–water partition coefficient (Wildman–Crippen LogP) is 3.50. The summed E-state index contributed by atoms with van der Waals surface area (Å²) in [5, 5.41) is 0. The lowest BCUT2D eigenvalue weighted by Crippen LogP contribution is -2.44. The van der Waals surface area contributed by atoms with Crippen LogP contribution in [0.15, 0.2) is 48.5 Å². The van der Waals surface area contributed by atoms with Crippen molar-refractivity contribution in [2.75, 3.05) is 26.8 Å². The van der Waals surface area contributed by atoms with Gasteiger partial charge in [0, 0.05) is 24.6 Å². The highest BCUT2D eigenvalue weighted by Crippen LogP contribution is 2.26. The van der Waals surface area contributed by atoms with Crippen LogP contribution in [-0.4, -0.2) is 43.4 Å². The van der Waals surface area contributed by atoms with E-state index in [1.807, 2.05) is 43.3 Å². The Balaban J connectivity index is 1.59. The Morgan fingerprint density at radius 1 is 1.07 bits per heavy atom. The summed E-state index contributed by atoms with van der Waals surface area (Å²) in [4.78, 5) is 27.1. The molecule has 3 rings (SSSR count). The molecule has 5 heteroatoms. The maximum atomic E-state index is 12.8. The summed E-state index contributed by atoms with van der Waals surface area (Å²) in [6.45, 7) is 3.04. The third kappa shape index (κ3) is 4.67. The van der Waals surface area contributed by atoms with Gasteiger partial charge in [0.15, 0.2) is 23.9 Å². The number of aryl methyl sites for hydroxylation is 1. The van der Waals surface area contributed by atoms with Crippen molar-refractivity contribution < 1.29 is 19.1 Å². The number of carbonyl (C=O) groups excluding carboxylic acids is 2. The van der Waals surface area contributed by atoms with E-state index >= 15 is 0 Å². The molecule has 0 saturated carbocycles. The number of likely N-dealkylation sites (tertiary alicyclic amines) is 1. The molecule has 0 radical (unpaired) electrons. The standard InChI is InChI=1S/C22H25NO4/c1-16-9-11-17(12-10-16)22(25)18-6-5-13-23(14-18)21(24)15-27-20-8-4-3-7-19(20)26-2/h3-4,7-12,18H,5-6,13-15H2,1-2H3. The first-order chi connectivity index (χ1) is 13.1. The van der Waals surface area contributed by atoms with E-state index in [9.17, 15) is 9.59 Å². The van der Waals surface area contributed by atoms with Crippen molar-refractivity contribution in [2.45, 2.75) is 19.8 Å². The summed E-state index contributed by atoms with van der Waals surface area (Å²) in [6, 6.07) is 14.9. The van der Waals surface area contributed by atoms with Gasteiger partial charge in [-0.3, -0.25) is 9.59 Å². The number of nitrogens with zero attached hydrogens (tertiary/aromatic N) is 1. The van der Waals surface area contributed by atoms with Crippen LogP contribution in [0.5, 0.6) is 11.5 Å². The highest BCUT2D eigenvalue weighted by atomic mass is 16.5. The molecule has 27 heavy (non-hydrogen) atoms. The molecule has 0 aliphatic carbocycles. The molecular formula is C22H25NO4. The van der Waals surface area contributed by atoms with Crippen molar-refractivity contribution in [3.8, 4) is 11.5 Å². The molecule has 5 nitrogen and oxygen atoms in total. The summed E-state index contributed by atoms with van der Waals surface area (Å²) in [5.41, 5.74) is 1.84. The maximum absolute atomic E-state index is 12.8. The van der Waals surface area contributed by atoms with Crippen molar-refractivity contribution in [3.63, 3.8) is 0 Å². The normalized spacial score (nSPS) is 16.7. The fourth-order valence-corrected chi connectivity index (χ4v) is 3.34. The van der Waals surface area contributed by atoms with Crippen LogP contribution in [-0.2, 0) is 4.79 Å². The van der Waals surface area contributed by atoms with Gasteiger partial charge in [0.05, 0.1) is 7.11 Å². The Morgan fingerprint density at radius 2 is 1.78 bits per heavy atom. The topological polar surface area (TPSA) is 55.8 Å². The molecule has 142 valence electrons. The first kappa shape index (κ1) is 19.0. The van der Waals surface area contributed by atoms with E-state index in [0.29, 0.717) is 30.2 Å². The lowest BCUT2D eigenvalue weighted by atomic mass is 9.89. The fourth-order valence-electron chi connectivity index (χ4n) is 3.34. The van der Waals surface area contributed by atoms with Gasteiger partial charge >= 0.3 is 0 Å². The summed E-state index contributed by atoms with van der Waals surface area (Å²) >= 11 is 0. The van der Waals surface area contributed by atoms with Crippen LogP contribution in [0, 0.1) is 12.8 Å². The van der Waals surface area contributed by atoms with E-state index in [1.165, 1.54) is 0 Å². The van der Waals surface area contributed by atoms with Crippen molar-refractivity contribution in [3.05, 3.63) is 59.7 Å². The van der Waals surface area contributed by atoms with E-state index < -0.39 is 0 Å². The molecule has 0 aromatic heterocycles. The Kier molecular flexibility index (Phi) is 6.12. The molecule has 1 amide bonds. The van der Waals surface area contributed by atoms with Crippen LogP contribution in [0.25, 0.3) is 0 Å². The van der Waals surface area contributed by atoms with Gasteiger partial charge in [-0.1, -0.05) is 42.0 Å². The van der Waals surface area contributed by atoms with Gasteiger partial charge < -0.3 is 14.4 Å². The highest BCUT2D eigenvalue weighted by Gasteiger charge is 2.29. The molecule has 1 unspecified atom stereocenters. The molecule has 1 aliphatic rings. The average Bonchev–Trinajstić information content (AvgIpc) is 2.72. The molecule has 1 atom stereocenters. The maximum Gasteiger partial charge on any atom is 0.260 e. The van der Waals surface area contributed by atoms with Crippen molar-refractivity contribution in [2.24, 2.45) is 5.92 Å². The van der Waals surface area contributed by atoms with Gasteiger partial charge in [-0.05, 0) is 31.9 Å². The molecule has 1 fully saturated rings. The zero-order chi connectivity index (χ0) is 19.2. The lowest BCUT2D eigenvalue weighted by molar-refractivity contribution is -0.134. The molecule has 0 spiro atoms. The summed E-state index contributed by atoms with van der Waals surface area (Å²) in [6.07, 6.45) is 1.63. The van der Waals surface area contributed by atoms with Gasteiger partial charge in [0.1, 0.15) is 0 Å². The zero-order valence-corrected chi connectivity index (χ0v) is 15.8. The van der Waals surface area contributed by atoms with E-state index in [2.05, 4.69) is 0 Å². The monoisotopic (exact) mass is 367 g/mol. The molecule has 1 heterocycles. The number of amides is 1. The number of ether oxygens (including phenoxy) is 2. The highest BCUT2D eigenvalue weighted by molar-refractivity contribution is 5.98.